The number of rotatable bonds is 15. The van der Waals surface area contributed by atoms with Crippen molar-refractivity contribution in [3.63, 3.8) is 0 Å². The lowest BCUT2D eigenvalue weighted by Crippen LogP contribution is -2.35. The number of nitrogens with two attached hydrogens (primary N) is 1. The highest BCUT2D eigenvalue weighted by Gasteiger charge is 2.18. The molecule has 0 bridgehead atoms. The number of carboxylic acid groups (broad SMARTS) is 1. The van der Waals surface area contributed by atoms with E-state index in [-0.39, 0.29) is 0 Å². The SMILES string of the molecule is COc1ccc(OCc2cccc(C)c2)c(CN(CC[C@H](N)C(=O)O)Cc2ccccc2OCc2cccc(C)c2)c1. The van der Waals surface area contributed by atoms with Crippen LogP contribution in [0.5, 0.6) is 17.2 Å². The van der Waals surface area contributed by atoms with Crippen molar-refractivity contribution in [3.8, 4) is 17.2 Å². The van der Waals surface area contributed by atoms with Crippen LogP contribution in [-0.2, 0) is 31.1 Å². The number of methoxy groups -OCH3 is 1. The topological polar surface area (TPSA) is 94.2 Å². The Morgan fingerprint density at radius 3 is 1.98 bits per heavy atom. The molecule has 220 valence electrons. The average Bonchev–Trinajstić information content (AvgIpc) is 2.98. The van der Waals surface area contributed by atoms with Gasteiger partial charge in [-0.3, -0.25) is 9.69 Å². The Bertz CT molecular complexity index is 1470. The van der Waals surface area contributed by atoms with E-state index in [2.05, 4.69) is 49.1 Å². The van der Waals surface area contributed by atoms with Gasteiger partial charge in [-0.15, -0.1) is 0 Å². The summed E-state index contributed by atoms with van der Waals surface area (Å²) >= 11 is 0. The molecule has 0 aliphatic rings. The summed E-state index contributed by atoms with van der Waals surface area (Å²) < 4.78 is 18.1. The van der Waals surface area contributed by atoms with Crippen LogP contribution in [0.25, 0.3) is 0 Å². The lowest BCUT2D eigenvalue weighted by molar-refractivity contribution is -0.138. The minimum atomic E-state index is -1.01. The second kappa shape index (κ2) is 15.1. The van der Waals surface area contributed by atoms with E-state index in [1.54, 1.807) is 7.11 Å². The zero-order valence-corrected chi connectivity index (χ0v) is 24.6. The molecule has 4 aromatic rings. The largest absolute Gasteiger partial charge is 0.497 e. The molecule has 0 amide bonds. The van der Waals surface area contributed by atoms with Gasteiger partial charge in [0.2, 0.25) is 0 Å². The Labute approximate surface area is 248 Å². The molecule has 7 nitrogen and oxygen atoms in total. The van der Waals surface area contributed by atoms with Gasteiger partial charge in [0, 0.05) is 30.8 Å². The van der Waals surface area contributed by atoms with Crippen LogP contribution in [0.2, 0.25) is 0 Å². The average molecular weight is 569 g/mol. The summed E-state index contributed by atoms with van der Waals surface area (Å²) in [5.41, 5.74) is 12.4. The van der Waals surface area contributed by atoms with Gasteiger partial charge in [-0.2, -0.15) is 0 Å². The molecule has 0 radical (unpaired) electrons. The van der Waals surface area contributed by atoms with Crippen molar-refractivity contribution in [3.05, 3.63) is 124 Å². The summed E-state index contributed by atoms with van der Waals surface area (Å²) in [4.78, 5) is 13.7. The number of hydrogen-bond donors (Lipinski definition) is 2. The van der Waals surface area contributed by atoms with Crippen molar-refractivity contribution in [2.75, 3.05) is 13.7 Å². The van der Waals surface area contributed by atoms with Gasteiger partial charge in [-0.1, -0.05) is 77.9 Å². The van der Waals surface area contributed by atoms with Gasteiger partial charge in [-0.05, 0) is 55.7 Å². The third-order valence-corrected chi connectivity index (χ3v) is 7.06. The predicted molar refractivity (Wildman–Crippen MR) is 165 cm³/mol. The molecule has 4 rings (SSSR count). The van der Waals surface area contributed by atoms with Crippen LogP contribution in [0.3, 0.4) is 0 Å². The standard InChI is InChI=1S/C35H40N2O5/c1-25-8-6-10-27(18-25)23-41-33-13-5-4-12-29(33)21-37(17-16-32(36)35(38)39)22-30-20-31(40-3)14-15-34(30)42-24-28-11-7-9-26(2)19-28/h4-15,18-20,32H,16-17,21-24,36H2,1-3H3,(H,38,39)/t32-/m0/s1. The first kappa shape index (κ1) is 30.6. The molecule has 0 saturated heterocycles. The maximum Gasteiger partial charge on any atom is 0.320 e. The minimum absolute atomic E-state index is 0.297. The van der Waals surface area contributed by atoms with E-state index in [1.165, 1.54) is 11.1 Å². The van der Waals surface area contributed by atoms with Crippen LogP contribution >= 0.6 is 0 Å². The Hall–Kier alpha value is -4.33. The number of ether oxygens (including phenoxy) is 3. The molecule has 0 aliphatic carbocycles. The van der Waals surface area contributed by atoms with E-state index in [0.717, 1.165) is 39.5 Å². The number of aryl methyl sites for hydroxylation is 2. The van der Waals surface area contributed by atoms with E-state index in [0.29, 0.717) is 39.3 Å². The van der Waals surface area contributed by atoms with Crippen LogP contribution < -0.4 is 19.9 Å². The molecule has 0 aliphatic heterocycles. The van der Waals surface area contributed by atoms with Crippen LogP contribution in [0, 0.1) is 13.8 Å². The van der Waals surface area contributed by atoms with Crippen molar-refractivity contribution >= 4 is 5.97 Å². The number of hydrogen-bond acceptors (Lipinski definition) is 6. The second-order valence-electron chi connectivity index (χ2n) is 10.6. The zero-order valence-electron chi connectivity index (χ0n) is 24.6. The van der Waals surface area contributed by atoms with Gasteiger partial charge < -0.3 is 25.1 Å². The molecule has 3 N–H and O–H groups in total. The van der Waals surface area contributed by atoms with Crippen molar-refractivity contribution in [1.82, 2.24) is 4.90 Å². The highest BCUT2D eigenvalue weighted by molar-refractivity contribution is 5.73. The summed E-state index contributed by atoms with van der Waals surface area (Å²) in [6.07, 6.45) is 0.297. The molecule has 0 unspecified atom stereocenters. The van der Waals surface area contributed by atoms with Crippen molar-refractivity contribution < 1.29 is 24.1 Å². The maximum absolute atomic E-state index is 11.5. The van der Waals surface area contributed by atoms with Crippen LogP contribution in [0.15, 0.2) is 91.0 Å². The molecular weight excluding hydrogens is 528 g/mol. The number of carbonyl (C=O) groups is 1. The third kappa shape index (κ3) is 9.09. The van der Waals surface area contributed by atoms with Gasteiger partial charge in [0.15, 0.2) is 0 Å². The van der Waals surface area contributed by atoms with E-state index in [4.69, 9.17) is 19.9 Å². The number of carboxylic acids is 1. The fraction of sp³-hybridized carbons (Fsp3) is 0.286. The summed E-state index contributed by atoms with van der Waals surface area (Å²) in [7, 11) is 1.64. The Balaban J connectivity index is 1.56. The number of aliphatic carboxylic acids is 1. The lowest BCUT2D eigenvalue weighted by Gasteiger charge is -2.26. The fourth-order valence-electron chi connectivity index (χ4n) is 4.79. The van der Waals surface area contributed by atoms with E-state index in [9.17, 15) is 9.90 Å². The van der Waals surface area contributed by atoms with E-state index in [1.807, 2.05) is 60.7 Å². The summed E-state index contributed by atoms with van der Waals surface area (Å²) in [5, 5.41) is 9.43. The summed E-state index contributed by atoms with van der Waals surface area (Å²) in [5.74, 6) is 1.24. The first-order valence-electron chi connectivity index (χ1n) is 14.1. The number of benzene rings is 4. The van der Waals surface area contributed by atoms with Gasteiger partial charge in [0.1, 0.15) is 36.5 Å². The van der Waals surface area contributed by atoms with E-state index < -0.39 is 12.0 Å². The fourth-order valence-corrected chi connectivity index (χ4v) is 4.79. The zero-order chi connectivity index (χ0) is 29.9. The van der Waals surface area contributed by atoms with Crippen molar-refractivity contribution in [1.29, 1.82) is 0 Å². The Morgan fingerprint density at radius 2 is 1.38 bits per heavy atom. The van der Waals surface area contributed by atoms with Gasteiger partial charge in [0.05, 0.1) is 7.11 Å². The molecule has 0 aromatic heterocycles. The number of nitrogens with zero attached hydrogens (tertiary/aromatic N) is 1. The smallest absolute Gasteiger partial charge is 0.320 e. The van der Waals surface area contributed by atoms with Crippen molar-refractivity contribution in [2.45, 2.75) is 52.6 Å². The third-order valence-electron chi connectivity index (χ3n) is 7.06. The first-order chi connectivity index (χ1) is 20.3. The highest BCUT2D eigenvalue weighted by atomic mass is 16.5. The highest BCUT2D eigenvalue weighted by Crippen LogP contribution is 2.29. The van der Waals surface area contributed by atoms with Crippen LogP contribution in [0.4, 0.5) is 0 Å². The van der Waals surface area contributed by atoms with Gasteiger partial charge >= 0.3 is 5.97 Å². The summed E-state index contributed by atoms with van der Waals surface area (Å²) in [6, 6.07) is 29.3. The molecule has 1 atom stereocenters. The number of para-hydroxylation sites is 1. The molecule has 0 heterocycles. The normalized spacial score (nSPS) is 11.7. The van der Waals surface area contributed by atoms with E-state index >= 15 is 0 Å². The Kier molecular flexibility index (Phi) is 11.0. The Morgan fingerprint density at radius 1 is 0.786 bits per heavy atom. The van der Waals surface area contributed by atoms with Gasteiger partial charge in [0.25, 0.3) is 0 Å². The molecular formula is C35H40N2O5. The maximum atomic E-state index is 11.5. The van der Waals surface area contributed by atoms with Crippen LogP contribution in [-0.4, -0.2) is 35.7 Å². The van der Waals surface area contributed by atoms with Gasteiger partial charge in [-0.25, -0.2) is 0 Å². The molecule has 0 saturated carbocycles. The monoisotopic (exact) mass is 568 g/mol. The van der Waals surface area contributed by atoms with Crippen LogP contribution in [0.1, 0.15) is 39.8 Å². The first-order valence-corrected chi connectivity index (χ1v) is 14.1. The summed E-state index contributed by atoms with van der Waals surface area (Å²) in [6.45, 7) is 6.51. The molecule has 7 heteroatoms. The van der Waals surface area contributed by atoms with Crippen molar-refractivity contribution in [2.24, 2.45) is 5.73 Å². The molecule has 0 fully saturated rings. The quantitative estimate of drug-likeness (QED) is 0.174. The second-order valence-corrected chi connectivity index (χ2v) is 10.6. The molecule has 4 aromatic carbocycles. The predicted octanol–water partition coefficient (Wildman–Crippen LogP) is 6.27. The lowest BCUT2D eigenvalue weighted by atomic mass is 10.1. The molecule has 0 spiro atoms. The molecule has 42 heavy (non-hydrogen) atoms. The minimum Gasteiger partial charge on any atom is -0.497 e.